The molecule has 2 heterocycles. The fraction of sp³-hybridized carbons (Fsp3) is 0.377. The van der Waals surface area contributed by atoms with E-state index in [1.165, 1.54) is 182 Å². The number of thiophene rings is 2. The summed E-state index contributed by atoms with van der Waals surface area (Å²) in [7, 11) is 0. The average Bonchev–Trinajstić information content (AvgIpc) is 2.86. The highest BCUT2D eigenvalue weighted by molar-refractivity contribution is 7.31. The fourth-order valence-corrected chi connectivity index (χ4v) is 20.5. The second-order valence-electron chi connectivity index (χ2n) is 29.2. The lowest BCUT2D eigenvalue weighted by Gasteiger charge is -2.55. The molecule has 2 aromatic heterocycles. The summed E-state index contributed by atoms with van der Waals surface area (Å²) in [5.74, 6) is 0. The molecule has 6 aliphatic rings. The average molecular weight is 1070 g/mol. The normalized spacial score (nSPS) is 20.8. The van der Waals surface area contributed by atoms with Gasteiger partial charge in [0.1, 0.15) is 0 Å². The van der Waals surface area contributed by atoms with E-state index >= 15 is 0 Å². The van der Waals surface area contributed by atoms with Gasteiger partial charge in [-0.15, -0.1) is 29.3 Å². The number of hydrogen-bond donors (Lipinski definition) is 0. The molecule has 2 heteroatoms. The highest BCUT2D eigenvalue weighted by Crippen LogP contribution is 2.70. The van der Waals surface area contributed by atoms with Crippen molar-refractivity contribution in [3.8, 4) is 65.4 Å². The van der Waals surface area contributed by atoms with Crippen molar-refractivity contribution in [2.75, 3.05) is 0 Å². The molecular weight excluding hydrogens is 989 g/mol. The summed E-state index contributed by atoms with van der Waals surface area (Å²) in [5, 5.41) is 0. The Morgan fingerprint density at radius 2 is 0.797 bits per heavy atom. The van der Waals surface area contributed by atoms with E-state index in [0.29, 0.717) is 0 Å². The molecule has 0 saturated heterocycles. The van der Waals surface area contributed by atoms with Crippen LogP contribution in [0, 0.1) is 39.4 Å². The van der Waals surface area contributed by atoms with Gasteiger partial charge in [0.25, 0.3) is 0 Å². The summed E-state index contributed by atoms with van der Waals surface area (Å²) >= 11 is 3.89. The molecule has 0 bridgehead atoms. The number of allylic oxidation sites excluding steroid dienone is 3. The van der Waals surface area contributed by atoms with Crippen LogP contribution in [0.2, 0.25) is 0 Å². The molecule has 0 atom stereocenters. The van der Waals surface area contributed by atoms with Gasteiger partial charge >= 0.3 is 0 Å². The van der Waals surface area contributed by atoms with Crippen LogP contribution in [0.3, 0.4) is 0 Å². The molecule has 0 aliphatic heterocycles. The van der Waals surface area contributed by atoms with Gasteiger partial charge in [0, 0.05) is 24.6 Å². The second-order valence-corrected chi connectivity index (χ2v) is 31.3. The van der Waals surface area contributed by atoms with Crippen molar-refractivity contribution in [1.82, 2.24) is 0 Å². The lowest BCUT2D eigenvalue weighted by molar-refractivity contribution is 0.0701. The Bertz CT molecular complexity index is 3920. The second kappa shape index (κ2) is 17.1. The SMILES string of the molecule is C=CCc1ccc(-c2cc3sc(-c4ccc5c(c4)C4(c6cc(-c7ccc8c(c7)C(=C7C(C)(C)CCC7(C)C)c7cc9c(cc7-8)C(=C7C(C)(C)CCC7(C)C)c7cc(C)ccc7-9)ccc6-5)C(C)(C)CCCCC4(C)C)cc3s2)cc1. The highest BCUT2D eigenvalue weighted by atomic mass is 32.1. The first kappa shape index (κ1) is 51.4. The molecule has 3 saturated carbocycles. The molecule has 0 amide bonds. The van der Waals surface area contributed by atoms with E-state index in [0.717, 1.165) is 6.42 Å². The van der Waals surface area contributed by atoms with Crippen LogP contribution in [0.1, 0.15) is 179 Å². The Kier molecular flexibility index (Phi) is 11.1. The molecule has 0 nitrogen and oxygen atoms in total. The minimum atomic E-state index is -0.186. The maximum atomic E-state index is 3.94. The first-order valence-corrected chi connectivity index (χ1v) is 31.6. The molecule has 0 N–H and O–H groups in total. The summed E-state index contributed by atoms with van der Waals surface area (Å²) in [5.41, 5.74) is 31.8. The maximum absolute atomic E-state index is 3.94. The largest absolute Gasteiger partial charge is 0.134 e. The molecule has 6 aromatic carbocycles. The zero-order valence-electron chi connectivity index (χ0n) is 49.5. The summed E-state index contributed by atoms with van der Waals surface area (Å²) in [6.07, 6.45) is 12.7. The molecule has 6 aliphatic carbocycles. The molecule has 14 rings (SSSR count). The van der Waals surface area contributed by atoms with Gasteiger partial charge in [-0.05, 0) is 233 Å². The molecule has 8 aromatic rings. The van der Waals surface area contributed by atoms with Gasteiger partial charge in [-0.2, -0.15) is 0 Å². The quantitative estimate of drug-likeness (QED) is 0.151. The van der Waals surface area contributed by atoms with Crippen LogP contribution in [0.5, 0.6) is 0 Å². The predicted molar refractivity (Wildman–Crippen MR) is 343 cm³/mol. The Labute approximate surface area is 480 Å². The van der Waals surface area contributed by atoms with Gasteiger partial charge in [-0.3, -0.25) is 0 Å². The summed E-state index contributed by atoms with van der Waals surface area (Å²) < 4.78 is 2.76. The number of hydrogen-bond acceptors (Lipinski definition) is 2. The molecule has 1 spiro atoms. The van der Waals surface area contributed by atoms with E-state index in [4.69, 9.17) is 0 Å². The monoisotopic (exact) mass is 1070 g/mol. The van der Waals surface area contributed by atoms with E-state index in [1.54, 1.807) is 11.1 Å². The van der Waals surface area contributed by atoms with E-state index < -0.39 is 0 Å². The molecule has 79 heavy (non-hydrogen) atoms. The van der Waals surface area contributed by atoms with E-state index in [2.05, 4.69) is 218 Å². The first-order chi connectivity index (χ1) is 37.4. The van der Waals surface area contributed by atoms with Crippen molar-refractivity contribution in [1.29, 1.82) is 0 Å². The lowest BCUT2D eigenvalue weighted by atomic mass is 9.48. The molecule has 400 valence electrons. The standard InChI is InChI=1S/C77H80S2/c1-15-18-46-20-22-47(23-21-46)63-43-65-66(78-63)44-64(79-65)50-26-30-54-53-29-25-49(39-61(53)77(62(54)40-50)75(11,12)31-16-17-32-76(77,13)14)48-24-28-52-56-42-59-55(41-60(56)68(58(52)38-48)70-73(7,8)35-36-74(70,9)10)51-27-19-45(2)37-57(51)67(59)69-71(3,4)33-34-72(69,5)6/h15,19-30,37-44H,1,16-18,31-36H2,2-14H3. The van der Waals surface area contributed by atoms with Crippen molar-refractivity contribution in [3.63, 3.8) is 0 Å². The Morgan fingerprint density at radius 1 is 0.392 bits per heavy atom. The molecule has 0 radical (unpaired) electrons. The third-order valence-electron chi connectivity index (χ3n) is 21.4. The number of benzene rings is 6. The summed E-state index contributed by atoms with van der Waals surface area (Å²) in [6.45, 7) is 36.9. The Balaban J connectivity index is 0.926. The summed E-state index contributed by atoms with van der Waals surface area (Å²) in [6, 6.07) is 49.5. The van der Waals surface area contributed by atoms with Gasteiger partial charge in [0.05, 0.1) is 0 Å². The molecule has 3 fully saturated rings. The predicted octanol–water partition coefficient (Wildman–Crippen LogP) is 23.2. The zero-order chi connectivity index (χ0) is 55.1. The van der Waals surface area contributed by atoms with Crippen LogP contribution in [-0.2, 0) is 11.8 Å². The van der Waals surface area contributed by atoms with Gasteiger partial charge in [0.2, 0.25) is 0 Å². The fourth-order valence-electron chi connectivity index (χ4n) is 18.1. The van der Waals surface area contributed by atoms with Crippen molar-refractivity contribution in [2.24, 2.45) is 32.5 Å². The number of aryl methyl sites for hydroxylation is 1. The van der Waals surface area contributed by atoms with Crippen LogP contribution in [0.25, 0.3) is 85.9 Å². The van der Waals surface area contributed by atoms with Crippen molar-refractivity contribution >= 4 is 43.2 Å². The minimum absolute atomic E-state index is 0.0156. The lowest BCUT2D eigenvalue weighted by Crippen LogP contribution is -2.51. The van der Waals surface area contributed by atoms with E-state index in [-0.39, 0.29) is 37.9 Å². The van der Waals surface area contributed by atoms with Crippen LogP contribution in [0.15, 0.2) is 145 Å². The number of fused-ring (bicyclic) bond motifs is 12. The van der Waals surface area contributed by atoms with E-state index in [1.807, 2.05) is 28.7 Å². The topological polar surface area (TPSA) is 0 Å². The van der Waals surface area contributed by atoms with Crippen LogP contribution >= 0.6 is 22.7 Å². The maximum Gasteiger partial charge on any atom is 0.0463 e. The van der Waals surface area contributed by atoms with Crippen molar-refractivity contribution in [2.45, 2.75) is 153 Å². The van der Waals surface area contributed by atoms with Gasteiger partial charge in [0.15, 0.2) is 0 Å². The van der Waals surface area contributed by atoms with Crippen LogP contribution in [-0.4, -0.2) is 0 Å². The van der Waals surface area contributed by atoms with Gasteiger partial charge in [-0.1, -0.05) is 198 Å². The van der Waals surface area contributed by atoms with Gasteiger partial charge < -0.3 is 0 Å². The smallest absolute Gasteiger partial charge is 0.0463 e. The highest BCUT2D eigenvalue weighted by Gasteiger charge is 2.61. The molecular formula is C77H80S2. The minimum Gasteiger partial charge on any atom is -0.134 e. The van der Waals surface area contributed by atoms with Crippen LogP contribution in [0.4, 0.5) is 0 Å². The number of rotatable bonds is 5. The third-order valence-corrected chi connectivity index (χ3v) is 23.8. The first-order valence-electron chi connectivity index (χ1n) is 29.9. The third kappa shape index (κ3) is 7.34. The van der Waals surface area contributed by atoms with Crippen LogP contribution < -0.4 is 0 Å². The zero-order valence-corrected chi connectivity index (χ0v) is 51.1. The summed E-state index contributed by atoms with van der Waals surface area (Å²) in [4.78, 5) is 2.71. The van der Waals surface area contributed by atoms with Crippen molar-refractivity contribution < 1.29 is 0 Å². The van der Waals surface area contributed by atoms with Gasteiger partial charge in [-0.25, -0.2) is 0 Å². The molecule has 0 unspecified atom stereocenters. The van der Waals surface area contributed by atoms with Crippen molar-refractivity contribution in [3.05, 3.63) is 190 Å². The Hall–Kier alpha value is -5.80. The Morgan fingerprint density at radius 3 is 1.30 bits per heavy atom. The van der Waals surface area contributed by atoms with E-state index in [9.17, 15) is 0 Å².